The van der Waals surface area contributed by atoms with Crippen LogP contribution in [0, 0.1) is 34.8 Å². The molecule has 4 aromatic carbocycles. The van der Waals surface area contributed by atoms with E-state index in [2.05, 4.69) is 68.0 Å². The Bertz CT molecular complexity index is 3110. The first-order chi connectivity index (χ1) is 34.3. The van der Waals surface area contributed by atoms with Gasteiger partial charge in [0.2, 0.25) is 0 Å². The smallest absolute Gasteiger partial charge is 0.319 e. The summed E-state index contributed by atoms with van der Waals surface area (Å²) < 4.78 is 128. The Labute approximate surface area is 408 Å². The molecule has 1 saturated carbocycles. The normalized spacial score (nSPS) is 22.7. The van der Waals surface area contributed by atoms with E-state index in [1.54, 1.807) is 11.0 Å². The fourth-order valence-electron chi connectivity index (χ4n) is 11.7. The van der Waals surface area contributed by atoms with Crippen LogP contribution in [-0.2, 0) is 4.74 Å². The molecule has 4 fully saturated rings. The van der Waals surface area contributed by atoms with Crippen molar-refractivity contribution in [2.45, 2.75) is 101 Å². The Balaban J connectivity index is 1.25. The second kappa shape index (κ2) is 18.4. The highest BCUT2D eigenvalue weighted by Crippen LogP contribution is 2.55. The topological polar surface area (TPSA) is 76.0 Å². The molecule has 4 atom stereocenters. The summed E-state index contributed by atoms with van der Waals surface area (Å²) in [6.45, 7) is 10.1. The van der Waals surface area contributed by atoms with Gasteiger partial charge < -0.3 is 14.4 Å². The molecule has 0 N–H and O–H groups in total. The molecule has 10 rings (SSSR count). The summed E-state index contributed by atoms with van der Waals surface area (Å²) in [5.41, 5.74) is 3.60. The number of nitrogens with zero attached hydrogens (tertiary/aromatic N) is 6. The zero-order valence-electron chi connectivity index (χ0n) is 42.0. The summed E-state index contributed by atoms with van der Waals surface area (Å²) in [5.74, 6) is -4.97. The van der Waals surface area contributed by atoms with Crippen molar-refractivity contribution >= 4 is 47.0 Å². The van der Waals surface area contributed by atoms with E-state index in [0.717, 1.165) is 17.2 Å². The van der Waals surface area contributed by atoms with E-state index in [4.69, 9.17) is 14.5 Å². The maximum Gasteiger partial charge on any atom is 0.319 e. The van der Waals surface area contributed by atoms with Gasteiger partial charge in [-0.25, -0.2) is 31.3 Å². The zero-order chi connectivity index (χ0) is 51.1. The molecule has 70 heavy (non-hydrogen) atoms. The molecule has 15 heteroatoms. The monoisotopic (exact) mass is 976 g/mol. The maximum absolute atomic E-state index is 18.3. The summed E-state index contributed by atoms with van der Waals surface area (Å²) >= 11 is 0. The highest BCUT2D eigenvalue weighted by Gasteiger charge is 2.72. The minimum Gasteiger partial charge on any atom is -0.461 e. The number of aliphatic imine (C=N–C) groups is 1. The van der Waals surface area contributed by atoms with Crippen LogP contribution in [0.5, 0.6) is 6.01 Å². The van der Waals surface area contributed by atoms with Crippen molar-refractivity contribution in [1.29, 1.82) is 0 Å². The number of ether oxygens (including phenoxy) is 2. The molecule has 4 aliphatic rings. The van der Waals surface area contributed by atoms with E-state index in [1.807, 2.05) is 60.7 Å². The minimum absolute atomic E-state index is 0.00395. The molecule has 364 valence electrons. The summed E-state index contributed by atoms with van der Waals surface area (Å²) in [6.07, 6.45) is 0.598. The highest BCUT2D eigenvalue weighted by molar-refractivity contribution is 6.90. The van der Waals surface area contributed by atoms with E-state index in [0.29, 0.717) is 18.7 Å². The minimum atomic E-state index is -3.20. The molecule has 6 aromatic rings. The van der Waals surface area contributed by atoms with Crippen LogP contribution in [0.2, 0.25) is 16.6 Å². The zero-order valence-corrected chi connectivity index (χ0v) is 41.0. The molecular formula is C55H56F6N6O2Si. The molecule has 2 aromatic heterocycles. The maximum atomic E-state index is 18.3. The lowest BCUT2D eigenvalue weighted by Gasteiger charge is -2.38. The van der Waals surface area contributed by atoms with E-state index in [9.17, 15) is 2.74 Å². The Morgan fingerprint density at radius 1 is 0.929 bits per heavy atom. The third-order valence-corrected chi connectivity index (χ3v) is 21.4. The van der Waals surface area contributed by atoms with Crippen molar-refractivity contribution in [2.24, 2.45) is 10.9 Å². The van der Waals surface area contributed by atoms with E-state index in [-0.39, 0.29) is 100 Å². The number of hydrogen-bond donors (Lipinski definition) is 0. The molecule has 3 saturated heterocycles. The second-order valence-electron chi connectivity index (χ2n) is 20.1. The van der Waals surface area contributed by atoms with Crippen LogP contribution in [0.4, 0.5) is 37.8 Å². The Hall–Kier alpha value is -5.82. The van der Waals surface area contributed by atoms with Gasteiger partial charge in [0.15, 0.2) is 17.5 Å². The molecule has 8 nitrogen and oxygen atoms in total. The van der Waals surface area contributed by atoms with Crippen molar-refractivity contribution in [1.82, 2.24) is 19.9 Å². The molecule has 5 heterocycles. The lowest BCUT2D eigenvalue weighted by atomic mass is 9.94. The number of fused-ring (bicyclic) bond motifs is 4. The van der Waals surface area contributed by atoms with Gasteiger partial charge in [-0.05, 0) is 59.6 Å². The quantitative estimate of drug-likeness (QED) is 0.0554. The van der Waals surface area contributed by atoms with E-state index in [1.165, 1.54) is 17.2 Å². The van der Waals surface area contributed by atoms with Crippen LogP contribution in [0.1, 0.15) is 80.2 Å². The molecule has 1 aliphatic carbocycles. The Kier molecular flexibility index (Phi) is 11.9. The van der Waals surface area contributed by atoms with E-state index < -0.39 is 73.2 Å². The van der Waals surface area contributed by atoms with Crippen LogP contribution in [0.25, 0.3) is 32.9 Å². The third-order valence-electron chi connectivity index (χ3n) is 15.1. The first-order valence-corrected chi connectivity index (χ1v) is 26.4. The fourth-order valence-corrected chi connectivity index (χ4v) is 16.9. The summed E-state index contributed by atoms with van der Waals surface area (Å²) in [4.78, 5) is 21.8. The molecular weight excluding hydrogens is 919 g/mol. The molecule has 0 bridgehead atoms. The van der Waals surface area contributed by atoms with Crippen molar-refractivity contribution in [2.75, 3.05) is 44.3 Å². The first kappa shape index (κ1) is 45.3. The standard InChI is InChI=1S/C55H56F6N6O2Si/c1-32(2)70(33(3)4,34(5)6)23-18-40-45-37(25-44(57)46(40)58)24-39(63-48(35-14-9-7-10-15-35)36-16-11-8-12-17-36)26-41(45)49-47(59)50-42(28-62-49)52(67-21-22-68-30-43-51(67)55(43,60)61)65-53(64-50)69-31-54-19-13-20-66(54)29-38(56)27-54/h7-12,14-17,24-26,28,32-34,38,43,51H,13,19-22,27,29-31H2,1-6H3/t38-,43-,51+,54+/m1/s1/i31D2. The highest BCUT2D eigenvalue weighted by atomic mass is 28.3. The molecule has 0 spiro atoms. The SMILES string of the molecule is [2H]C([2H])(Oc1nc(N2CCOC[C@@H]3[C@H]2C3(F)F)c2cnc(-c3cc(N=C(c4ccccc4)c4ccccc4)cc4cc(F)c(F)c(C#C[Si](C(C)C)(C(C)C)C(C)C)c34)c(F)c2n1)[C@@]12CCCN1C[C@H](F)C2. The van der Waals surface area contributed by atoms with Crippen molar-refractivity contribution in [3.8, 4) is 28.7 Å². The largest absolute Gasteiger partial charge is 0.461 e. The molecule has 0 radical (unpaired) electrons. The van der Waals surface area contributed by atoms with Crippen LogP contribution >= 0.6 is 0 Å². The van der Waals surface area contributed by atoms with Crippen molar-refractivity contribution < 1.29 is 38.6 Å². The number of pyridine rings is 1. The number of halogens is 6. The van der Waals surface area contributed by atoms with Gasteiger partial charge in [-0.1, -0.05) is 108 Å². The first-order valence-electron chi connectivity index (χ1n) is 25.1. The Morgan fingerprint density at radius 2 is 1.61 bits per heavy atom. The average Bonchev–Trinajstić information content (AvgIpc) is 3.52. The van der Waals surface area contributed by atoms with Crippen LogP contribution in [-0.4, -0.2) is 96.7 Å². The lowest BCUT2D eigenvalue weighted by molar-refractivity contribution is 0.0492. The molecule has 0 amide bonds. The number of benzene rings is 4. The van der Waals surface area contributed by atoms with Gasteiger partial charge >= 0.3 is 6.01 Å². The predicted octanol–water partition coefficient (Wildman–Crippen LogP) is 12.4. The number of anilines is 1. The van der Waals surface area contributed by atoms with Gasteiger partial charge in [0, 0.05) is 47.8 Å². The van der Waals surface area contributed by atoms with Gasteiger partial charge in [0.05, 0.1) is 49.8 Å². The predicted molar refractivity (Wildman–Crippen MR) is 265 cm³/mol. The average molecular weight is 977 g/mol. The third kappa shape index (κ3) is 8.23. The Morgan fingerprint density at radius 3 is 2.29 bits per heavy atom. The molecule has 3 aliphatic heterocycles. The number of alkyl halides is 3. The second-order valence-corrected chi connectivity index (χ2v) is 25.7. The van der Waals surface area contributed by atoms with Crippen LogP contribution in [0.3, 0.4) is 0 Å². The number of aromatic nitrogens is 3. The van der Waals surface area contributed by atoms with Crippen LogP contribution in [0.15, 0.2) is 90.1 Å². The van der Waals surface area contributed by atoms with Crippen molar-refractivity contribution in [3.63, 3.8) is 0 Å². The van der Waals surface area contributed by atoms with Gasteiger partial charge in [-0.3, -0.25) is 9.88 Å². The fraction of sp³-hybridized carbons (Fsp3) is 0.418. The molecule has 0 unspecified atom stereocenters. The van der Waals surface area contributed by atoms with Gasteiger partial charge in [-0.2, -0.15) is 9.97 Å². The summed E-state index contributed by atoms with van der Waals surface area (Å²) in [7, 11) is -2.59. The summed E-state index contributed by atoms with van der Waals surface area (Å²) in [5, 5.41) is 0.115. The van der Waals surface area contributed by atoms with Gasteiger partial charge in [0.1, 0.15) is 43.9 Å². The van der Waals surface area contributed by atoms with Crippen LogP contribution < -0.4 is 9.64 Å². The van der Waals surface area contributed by atoms with Gasteiger partial charge in [0.25, 0.3) is 5.92 Å². The van der Waals surface area contributed by atoms with Gasteiger partial charge in [-0.15, -0.1) is 5.54 Å². The number of hydrogen-bond acceptors (Lipinski definition) is 8. The lowest BCUT2D eigenvalue weighted by Crippen LogP contribution is -2.43. The summed E-state index contributed by atoms with van der Waals surface area (Å²) in [6, 6.07) is 20.8. The van der Waals surface area contributed by atoms with E-state index >= 15 is 26.3 Å². The van der Waals surface area contributed by atoms with Crippen molar-refractivity contribution in [3.05, 3.63) is 119 Å². The number of rotatable bonds is 11.